The number of thiocarbonyl (C=S) groups is 1. The molecule has 0 unspecified atom stereocenters. The molecule has 0 saturated carbocycles. The van der Waals surface area contributed by atoms with Crippen LogP contribution < -0.4 is 15.5 Å². The number of ether oxygens (including phenoxy) is 1. The standard InChI is InChI=1S/C23H30FN5OS/c1-28-10-12-29(13-11-28)21-7-6-20(16-25-21)27-22(31)26-17-23(8-14-30-15-9-23)18-2-4-19(24)5-3-18/h2-7,16H,8-15,17H2,1H3,(H2,26,27,31). The summed E-state index contributed by atoms with van der Waals surface area (Å²) in [6.07, 6.45) is 3.57. The van der Waals surface area contributed by atoms with Gasteiger partial charge in [0.2, 0.25) is 0 Å². The number of rotatable bonds is 5. The Kier molecular flexibility index (Phi) is 6.99. The molecular weight excluding hydrogens is 413 g/mol. The molecule has 2 aliphatic heterocycles. The number of nitrogens with one attached hydrogen (secondary N) is 2. The molecule has 3 heterocycles. The van der Waals surface area contributed by atoms with Gasteiger partial charge in [-0.3, -0.25) is 0 Å². The van der Waals surface area contributed by atoms with Gasteiger partial charge in [0.05, 0.1) is 11.9 Å². The number of pyridine rings is 1. The fourth-order valence-corrected chi connectivity index (χ4v) is 4.43. The number of likely N-dealkylation sites (N-methyl/N-ethyl adjacent to an activating group) is 1. The maximum absolute atomic E-state index is 13.4. The van der Waals surface area contributed by atoms with Crippen molar-refractivity contribution in [3.8, 4) is 0 Å². The monoisotopic (exact) mass is 443 g/mol. The van der Waals surface area contributed by atoms with Gasteiger partial charge in [0.1, 0.15) is 11.6 Å². The van der Waals surface area contributed by atoms with Crippen LogP contribution in [0.2, 0.25) is 0 Å². The summed E-state index contributed by atoms with van der Waals surface area (Å²) in [5, 5.41) is 7.16. The van der Waals surface area contributed by atoms with Gasteiger partial charge in [-0.25, -0.2) is 9.37 Å². The van der Waals surface area contributed by atoms with E-state index in [-0.39, 0.29) is 11.2 Å². The van der Waals surface area contributed by atoms with Gasteiger partial charge in [-0.1, -0.05) is 12.1 Å². The first-order valence-electron chi connectivity index (χ1n) is 10.8. The molecule has 2 aromatic rings. The normalized spacial score (nSPS) is 19.1. The van der Waals surface area contributed by atoms with Gasteiger partial charge < -0.3 is 25.2 Å². The summed E-state index contributed by atoms with van der Waals surface area (Å²) in [5.74, 6) is 0.777. The molecule has 31 heavy (non-hydrogen) atoms. The van der Waals surface area contributed by atoms with E-state index in [1.807, 2.05) is 30.5 Å². The van der Waals surface area contributed by atoms with Gasteiger partial charge in [-0.15, -0.1) is 0 Å². The lowest BCUT2D eigenvalue weighted by atomic mass is 9.74. The van der Waals surface area contributed by atoms with Crippen LogP contribution in [0.3, 0.4) is 0 Å². The molecule has 0 amide bonds. The molecule has 0 atom stereocenters. The van der Waals surface area contributed by atoms with Crippen LogP contribution in [0.1, 0.15) is 18.4 Å². The predicted molar refractivity (Wildman–Crippen MR) is 126 cm³/mol. The van der Waals surface area contributed by atoms with Crippen LogP contribution in [0.15, 0.2) is 42.6 Å². The third-order valence-electron chi connectivity index (χ3n) is 6.33. The molecule has 1 aromatic carbocycles. The minimum absolute atomic E-state index is 0.124. The summed E-state index contributed by atoms with van der Waals surface area (Å²) in [7, 11) is 2.15. The summed E-state index contributed by atoms with van der Waals surface area (Å²) in [4.78, 5) is 9.24. The lowest BCUT2D eigenvalue weighted by Gasteiger charge is -2.38. The van der Waals surface area contributed by atoms with E-state index in [1.54, 1.807) is 0 Å². The average molecular weight is 444 g/mol. The second-order valence-electron chi connectivity index (χ2n) is 8.40. The first-order chi connectivity index (χ1) is 15.0. The highest BCUT2D eigenvalue weighted by molar-refractivity contribution is 7.80. The first kappa shape index (κ1) is 21.9. The lowest BCUT2D eigenvalue weighted by molar-refractivity contribution is 0.0515. The second kappa shape index (κ2) is 9.89. The summed E-state index contributed by atoms with van der Waals surface area (Å²) in [6, 6.07) is 10.8. The minimum atomic E-state index is -0.219. The smallest absolute Gasteiger partial charge is 0.170 e. The van der Waals surface area contributed by atoms with Crippen molar-refractivity contribution >= 4 is 28.8 Å². The van der Waals surface area contributed by atoms with Crippen LogP contribution >= 0.6 is 12.2 Å². The van der Waals surface area contributed by atoms with Gasteiger partial charge in [-0.2, -0.15) is 0 Å². The maximum atomic E-state index is 13.4. The zero-order valence-corrected chi connectivity index (χ0v) is 18.8. The Morgan fingerprint density at radius 1 is 1.10 bits per heavy atom. The Morgan fingerprint density at radius 2 is 1.81 bits per heavy atom. The summed E-state index contributed by atoms with van der Waals surface area (Å²) >= 11 is 5.54. The zero-order chi connectivity index (χ0) is 21.7. The zero-order valence-electron chi connectivity index (χ0n) is 17.9. The number of aromatic nitrogens is 1. The second-order valence-corrected chi connectivity index (χ2v) is 8.81. The van der Waals surface area contributed by atoms with E-state index in [0.717, 1.165) is 56.1 Å². The molecule has 2 aliphatic rings. The fourth-order valence-electron chi connectivity index (χ4n) is 4.24. The predicted octanol–water partition coefficient (Wildman–Crippen LogP) is 3.01. The van der Waals surface area contributed by atoms with E-state index in [2.05, 4.69) is 32.5 Å². The summed E-state index contributed by atoms with van der Waals surface area (Å²) in [6.45, 7) is 6.14. The summed E-state index contributed by atoms with van der Waals surface area (Å²) in [5.41, 5.74) is 1.85. The van der Waals surface area contributed by atoms with E-state index >= 15 is 0 Å². The number of halogens is 1. The molecular formula is C23H30FN5OS. The molecule has 0 aliphatic carbocycles. The van der Waals surface area contributed by atoms with Crippen molar-refractivity contribution in [2.75, 3.05) is 63.2 Å². The quantitative estimate of drug-likeness (QED) is 0.689. The number of hydrogen-bond acceptors (Lipinski definition) is 5. The molecule has 8 heteroatoms. The van der Waals surface area contributed by atoms with E-state index < -0.39 is 0 Å². The Balaban J connectivity index is 1.34. The molecule has 0 spiro atoms. The maximum Gasteiger partial charge on any atom is 0.170 e. The van der Waals surface area contributed by atoms with Crippen LogP contribution in [0.4, 0.5) is 15.9 Å². The Bertz CT molecular complexity index is 863. The van der Waals surface area contributed by atoms with Gasteiger partial charge in [0.15, 0.2) is 5.11 Å². The highest BCUT2D eigenvalue weighted by atomic mass is 32.1. The Morgan fingerprint density at radius 3 is 2.45 bits per heavy atom. The largest absolute Gasteiger partial charge is 0.381 e. The highest BCUT2D eigenvalue weighted by Crippen LogP contribution is 2.34. The van der Waals surface area contributed by atoms with Crippen molar-refractivity contribution in [3.63, 3.8) is 0 Å². The van der Waals surface area contributed by atoms with Gasteiger partial charge in [0.25, 0.3) is 0 Å². The van der Waals surface area contributed by atoms with Crippen molar-refractivity contribution < 1.29 is 9.13 Å². The number of nitrogens with zero attached hydrogens (tertiary/aromatic N) is 3. The van der Waals surface area contributed by atoms with Gasteiger partial charge >= 0.3 is 0 Å². The van der Waals surface area contributed by atoms with E-state index in [9.17, 15) is 4.39 Å². The van der Waals surface area contributed by atoms with Crippen LogP contribution in [-0.4, -0.2) is 68.0 Å². The molecule has 0 radical (unpaired) electrons. The SMILES string of the molecule is CN1CCN(c2ccc(NC(=S)NCC3(c4ccc(F)cc4)CCOCC3)cn2)CC1. The van der Waals surface area contributed by atoms with Gasteiger partial charge in [0, 0.05) is 51.4 Å². The van der Waals surface area contributed by atoms with Crippen LogP contribution in [0.25, 0.3) is 0 Å². The third-order valence-corrected chi connectivity index (χ3v) is 6.57. The van der Waals surface area contributed by atoms with E-state index in [0.29, 0.717) is 24.9 Å². The third kappa shape index (κ3) is 5.50. The molecule has 166 valence electrons. The van der Waals surface area contributed by atoms with Crippen molar-refractivity contribution in [1.82, 2.24) is 15.2 Å². The van der Waals surface area contributed by atoms with Crippen LogP contribution in [0.5, 0.6) is 0 Å². The number of benzene rings is 1. The molecule has 2 saturated heterocycles. The molecule has 0 bridgehead atoms. The molecule has 2 fully saturated rings. The highest BCUT2D eigenvalue weighted by Gasteiger charge is 2.34. The number of piperazine rings is 1. The molecule has 4 rings (SSSR count). The van der Waals surface area contributed by atoms with Crippen LogP contribution in [0, 0.1) is 5.82 Å². The van der Waals surface area contributed by atoms with E-state index in [1.165, 1.54) is 12.1 Å². The van der Waals surface area contributed by atoms with Crippen molar-refractivity contribution in [3.05, 3.63) is 54.0 Å². The fraction of sp³-hybridized carbons (Fsp3) is 0.478. The van der Waals surface area contributed by atoms with Crippen molar-refractivity contribution in [1.29, 1.82) is 0 Å². The lowest BCUT2D eigenvalue weighted by Crippen LogP contribution is -2.45. The molecule has 6 nitrogen and oxygen atoms in total. The van der Waals surface area contributed by atoms with Crippen molar-refractivity contribution in [2.24, 2.45) is 0 Å². The minimum Gasteiger partial charge on any atom is -0.381 e. The van der Waals surface area contributed by atoms with E-state index in [4.69, 9.17) is 17.0 Å². The van der Waals surface area contributed by atoms with Crippen molar-refractivity contribution in [2.45, 2.75) is 18.3 Å². The molecule has 2 N–H and O–H groups in total. The molecule has 1 aromatic heterocycles. The number of anilines is 2. The first-order valence-corrected chi connectivity index (χ1v) is 11.2. The average Bonchev–Trinajstić information content (AvgIpc) is 2.80. The van der Waals surface area contributed by atoms with Gasteiger partial charge in [-0.05, 0) is 61.9 Å². The topological polar surface area (TPSA) is 52.7 Å². The Hall–Kier alpha value is -2.29. The summed E-state index contributed by atoms with van der Waals surface area (Å²) < 4.78 is 19.0. The Labute approximate surface area is 188 Å². The number of hydrogen-bond donors (Lipinski definition) is 2. The van der Waals surface area contributed by atoms with Crippen LogP contribution in [-0.2, 0) is 10.2 Å².